The van der Waals surface area contributed by atoms with E-state index >= 15 is 0 Å². The molecule has 0 aliphatic rings. The third-order valence-corrected chi connectivity index (χ3v) is 8.48. The number of hydrogen-bond donors (Lipinski definition) is 2. The van der Waals surface area contributed by atoms with Gasteiger partial charge < -0.3 is 20.1 Å². The summed E-state index contributed by atoms with van der Waals surface area (Å²) >= 11 is 13.5. The first-order valence-corrected chi connectivity index (χ1v) is 15.5. The molecule has 5 rings (SSSR count). The van der Waals surface area contributed by atoms with Gasteiger partial charge in [0.15, 0.2) is 5.78 Å². The number of carbonyl (C=O) groups is 2. The number of nitrogens with one attached hydrogen (secondary N) is 2. The Balaban J connectivity index is 1.71. The minimum atomic E-state index is -0.500. The molecular weight excluding hydrogens is 672 g/mol. The van der Waals surface area contributed by atoms with Crippen molar-refractivity contribution in [1.82, 2.24) is 14.5 Å². The summed E-state index contributed by atoms with van der Waals surface area (Å²) in [7, 11) is 2.86. The summed E-state index contributed by atoms with van der Waals surface area (Å²) in [5, 5.41) is 6.38. The molecule has 0 radical (unpaired) electrons. The Morgan fingerprint density at radius 2 is 1.67 bits per heavy atom. The Hall–Kier alpha value is -5.52. The van der Waals surface area contributed by atoms with E-state index in [2.05, 4.69) is 33.8 Å². The highest BCUT2D eigenvalue weighted by Crippen LogP contribution is 2.45. The normalized spacial score (nSPS) is 10.8. The lowest BCUT2D eigenvalue weighted by molar-refractivity contribution is -0.114. The lowest BCUT2D eigenvalue weighted by Gasteiger charge is -2.18. The van der Waals surface area contributed by atoms with Crippen LogP contribution in [0.3, 0.4) is 0 Å². The van der Waals surface area contributed by atoms with E-state index in [9.17, 15) is 18.8 Å². The maximum absolute atomic E-state index is 14.7. The molecule has 250 valence electrons. The fourth-order valence-electron chi connectivity index (χ4n) is 5.17. The van der Waals surface area contributed by atoms with Gasteiger partial charge in [0.1, 0.15) is 23.0 Å². The number of anilines is 3. The summed E-state index contributed by atoms with van der Waals surface area (Å²) in [5.41, 5.74) is 2.37. The van der Waals surface area contributed by atoms with Crippen molar-refractivity contribution in [3.05, 3.63) is 123 Å². The summed E-state index contributed by atoms with van der Waals surface area (Å²) in [6.45, 7) is 8.58. The molecule has 0 aliphatic carbocycles. The van der Waals surface area contributed by atoms with Crippen molar-refractivity contribution in [2.24, 2.45) is 0 Å². The van der Waals surface area contributed by atoms with Gasteiger partial charge >= 0.3 is 0 Å². The SMILES string of the molecule is C=CC(=O)Cc1ccc(F)c(C)c1Nc1ncc2cc(-c3c(Cl)c(OC)cc(OC)c3Cl)c(=O)n(Cc3ccc(NC(=O)C=C)cc3)c2n1. The number of rotatable bonds is 12. The number of allylic oxidation sites excluding steroid dienone is 1. The Labute approximate surface area is 290 Å². The van der Waals surface area contributed by atoms with Gasteiger partial charge in [-0.05, 0) is 54.5 Å². The van der Waals surface area contributed by atoms with Gasteiger partial charge in [0, 0.05) is 40.9 Å². The summed E-state index contributed by atoms with van der Waals surface area (Å²) in [4.78, 5) is 47.6. The molecule has 0 aliphatic heterocycles. The van der Waals surface area contributed by atoms with Crippen molar-refractivity contribution in [3.63, 3.8) is 0 Å². The van der Waals surface area contributed by atoms with Crippen molar-refractivity contribution in [2.45, 2.75) is 19.9 Å². The second-order valence-electron chi connectivity index (χ2n) is 10.8. The summed E-state index contributed by atoms with van der Waals surface area (Å²) in [5.74, 6) is -0.573. The number of ether oxygens (including phenoxy) is 2. The van der Waals surface area contributed by atoms with E-state index in [1.165, 1.54) is 49.3 Å². The molecule has 3 aromatic carbocycles. The van der Waals surface area contributed by atoms with E-state index < -0.39 is 11.4 Å². The topological polar surface area (TPSA) is 124 Å². The fraction of sp³-hybridized carbons (Fsp3) is 0.139. The molecular formula is C36H30Cl2FN5O5. The van der Waals surface area contributed by atoms with Crippen molar-refractivity contribution >= 4 is 63.2 Å². The van der Waals surface area contributed by atoms with Crippen LogP contribution in [-0.4, -0.2) is 40.4 Å². The molecule has 10 nitrogen and oxygen atoms in total. The minimum Gasteiger partial charge on any atom is -0.495 e. The fourth-order valence-corrected chi connectivity index (χ4v) is 5.88. The molecule has 49 heavy (non-hydrogen) atoms. The van der Waals surface area contributed by atoms with Gasteiger partial charge in [0.2, 0.25) is 11.9 Å². The lowest BCUT2D eigenvalue weighted by atomic mass is 10.0. The quantitative estimate of drug-likeness (QED) is 0.129. The van der Waals surface area contributed by atoms with E-state index in [0.717, 1.165) is 6.08 Å². The predicted molar refractivity (Wildman–Crippen MR) is 190 cm³/mol. The van der Waals surface area contributed by atoms with Crippen LogP contribution in [0, 0.1) is 12.7 Å². The van der Waals surface area contributed by atoms with Gasteiger partial charge in [-0.25, -0.2) is 9.37 Å². The van der Waals surface area contributed by atoms with Crippen LogP contribution in [0.4, 0.5) is 21.7 Å². The largest absolute Gasteiger partial charge is 0.495 e. The van der Waals surface area contributed by atoms with Gasteiger partial charge in [-0.15, -0.1) is 0 Å². The maximum Gasteiger partial charge on any atom is 0.260 e. The standard InChI is InChI=1S/C36H30Cl2FN5O5/c1-6-24(45)14-21-10-13-26(39)19(3)33(21)42-36-40-17-22-15-25(30-31(37)27(48-4)16-28(49-5)32(30)38)35(47)44(34(22)43-36)18-20-8-11-23(12-9-20)41-29(46)7-2/h6-13,15-17H,1-2,14,18H2,3-5H3,(H,41,46)(H,40,42,43). The van der Waals surface area contributed by atoms with Gasteiger partial charge in [0.05, 0.1) is 42.1 Å². The average molecular weight is 703 g/mol. The van der Waals surface area contributed by atoms with Crippen LogP contribution in [0.2, 0.25) is 10.0 Å². The minimum absolute atomic E-state index is 0.0244. The number of benzene rings is 3. The summed E-state index contributed by atoms with van der Waals surface area (Å²) in [6, 6.07) is 12.8. The van der Waals surface area contributed by atoms with Gasteiger partial charge in [0.25, 0.3) is 5.56 Å². The maximum atomic E-state index is 14.7. The van der Waals surface area contributed by atoms with E-state index in [1.807, 2.05) is 0 Å². The molecule has 2 heterocycles. The number of halogens is 3. The third kappa shape index (κ3) is 7.18. The Morgan fingerprint density at radius 1 is 1.00 bits per heavy atom. The molecule has 0 atom stereocenters. The molecule has 5 aromatic rings. The van der Waals surface area contributed by atoms with Crippen molar-refractivity contribution in [1.29, 1.82) is 0 Å². The zero-order valence-corrected chi connectivity index (χ0v) is 28.2. The number of aromatic nitrogens is 3. The molecule has 0 unspecified atom stereocenters. The third-order valence-electron chi connectivity index (χ3n) is 7.73. The summed E-state index contributed by atoms with van der Waals surface area (Å²) in [6.07, 6.45) is 3.83. The monoisotopic (exact) mass is 701 g/mol. The van der Waals surface area contributed by atoms with Crippen LogP contribution in [-0.2, 0) is 22.6 Å². The van der Waals surface area contributed by atoms with Crippen LogP contribution in [0.25, 0.3) is 22.2 Å². The van der Waals surface area contributed by atoms with Crippen molar-refractivity contribution in [2.75, 3.05) is 24.9 Å². The number of pyridine rings is 1. The Kier molecular flexibility index (Phi) is 10.5. The first-order chi connectivity index (χ1) is 23.5. The molecule has 0 spiro atoms. The number of nitrogens with zero attached hydrogens (tertiary/aromatic N) is 3. The van der Waals surface area contributed by atoms with E-state index in [0.29, 0.717) is 27.9 Å². The van der Waals surface area contributed by atoms with E-state index in [4.69, 9.17) is 32.7 Å². The highest BCUT2D eigenvalue weighted by atomic mass is 35.5. The van der Waals surface area contributed by atoms with Crippen LogP contribution >= 0.6 is 23.2 Å². The smallest absolute Gasteiger partial charge is 0.260 e. The van der Waals surface area contributed by atoms with Gasteiger partial charge in [-0.1, -0.05) is 54.6 Å². The van der Waals surface area contributed by atoms with Crippen LogP contribution in [0.5, 0.6) is 11.5 Å². The first-order valence-electron chi connectivity index (χ1n) is 14.7. The molecule has 13 heteroatoms. The Morgan fingerprint density at radius 3 is 2.29 bits per heavy atom. The number of ketones is 1. The lowest BCUT2D eigenvalue weighted by Crippen LogP contribution is -2.24. The molecule has 1 amide bonds. The molecule has 0 saturated carbocycles. The number of methoxy groups -OCH3 is 2. The molecule has 2 N–H and O–H groups in total. The highest BCUT2D eigenvalue weighted by molar-refractivity contribution is 6.41. The second kappa shape index (κ2) is 14.7. The first kappa shape index (κ1) is 34.8. The zero-order chi connectivity index (χ0) is 35.4. The van der Waals surface area contributed by atoms with Gasteiger partial charge in [-0.3, -0.25) is 19.0 Å². The summed E-state index contributed by atoms with van der Waals surface area (Å²) < 4.78 is 27.0. The number of hydrogen-bond acceptors (Lipinski definition) is 8. The number of fused-ring (bicyclic) bond motifs is 1. The molecule has 2 aromatic heterocycles. The van der Waals surface area contributed by atoms with Crippen LogP contribution in [0.15, 0.2) is 84.8 Å². The van der Waals surface area contributed by atoms with Crippen molar-refractivity contribution in [3.8, 4) is 22.6 Å². The number of carbonyl (C=O) groups excluding carboxylic acids is 2. The number of amides is 1. The molecule has 0 fully saturated rings. The predicted octanol–water partition coefficient (Wildman–Crippen LogP) is 7.44. The van der Waals surface area contributed by atoms with Crippen molar-refractivity contribution < 1.29 is 23.5 Å². The van der Waals surface area contributed by atoms with Crippen LogP contribution in [0.1, 0.15) is 16.7 Å². The van der Waals surface area contributed by atoms with E-state index in [-0.39, 0.29) is 74.5 Å². The second-order valence-corrected chi connectivity index (χ2v) is 11.5. The zero-order valence-electron chi connectivity index (χ0n) is 26.7. The highest BCUT2D eigenvalue weighted by Gasteiger charge is 2.24. The molecule has 0 bridgehead atoms. The van der Waals surface area contributed by atoms with E-state index in [1.54, 1.807) is 37.3 Å². The van der Waals surface area contributed by atoms with Gasteiger partial charge in [-0.2, -0.15) is 4.98 Å². The Bertz CT molecular complexity index is 2170. The van der Waals surface area contributed by atoms with Crippen LogP contribution < -0.4 is 25.7 Å². The average Bonchev–Trinajstić information content (AvgIpc) is 3.10. The molecule has 0 saturated heterocycles.